The van der Waals surface area contributed by atoms with Crippen LogP contribution in [0.25, 0.3) is 0 Å². The van der Waals surface area contributed by atoms with Crippen LogP contribution >= 0.6 is 34.9 Å². The van der Waals surface area contributed by atoms with Crippen LogP contribution in [0.3, 0.4) is 0 Å². The lowest BCUT2D eigenvalue weighted by Gasteiger charge is -2.35. The molecule has 1 unspecified atom stereocenters. The maximum absolute atomic E-state index is 11.3. The Morgan fingerprint density at radius 1 is 1.10 bits per heavy atom. The maximum Gasteiger partial charge on any atom is 0.312 e. The summed E-state index contributed by atoms with van der Waals surface area (Å²) in [7, 11) is 0. The summed E-state index contributed by atoms with van der Waals surface area (Å²) in [5.41, 5.74) is 6.48. The van der Waals surface area contributed by atoms with Gasteiger partial charge in [-0.15, -0.1) is 34.9 Å². The SMILES string of the molecule is CC(NC(N)=O)c1nc2c(s1)C(Sc1ccccc1)(Sc1ccccc1)CCC2. The van der Waals surface area contributed by atoms with Crippen LogP contribution in [0.2, 0.25) is 0 Å². The quantitative estimate of drug-likeness (QED) is 0.464. The minimum Gasteiger partial charge on any atom is -0.352 e. The number of thioether (sulfide) groups is 2. The number of aryl methyl sites for hydroxylation is 1. The van der Waals surface area contributed by atoms with Crippen molar-refractivity contribution in [1.29, 1.82) is 0 Å². The smallest absolute Gasteiger partial charge is 0.312 e. The average Bonchev–Trinajstić information content (AvgIpc) is 3.15. The van der Waals surface area contributed by atoms with E-state index in [1.54, 1.807) is 11.3 Å². The number of nitrogens with zero attached hydrogens (tertiary/aromatic N) is 1. The van der Waals surface area contributed by atoms with Gasteiger partial charge in [0.25, 0.3) is 0 Å². The molecule has 1 atom stereocenters. The normalized spacial score (nSPS) is 16.0. The van der Waals surface area contributed by atoms with Crippen molar-refractivity contribution in [3.8, 4) is 0 Å². The van der Waals surface area contributed by atoms with Gasteiger partial charge in [0.1, 0.15) is 9.09 Å². The first-order chi connectivity index (χ1) is 14.1. The summed E-state index contributed by atoms with van der Waals surface area (Å²) in [4.78, 5) is 20.0. The van der Waals surface area contributed by atoms with Crippen molar-refractivity contribution in [1.82, 2.24) is 10.3 Å². The van der Waals surface area contributed by atoms with E-state index in [9.17, 15) is 4.79 Å². The van der Waals surface area contributed by atoms with Gasteiger partial charge in [-0.25, -0.2) is 9.78 Å². The number of fused-ring (bicyclic) bond motifs is 1. The largest absolute Gasteiger partial charge is 0.352 e. The molecule has 3 aromatic rings. The number of hydrogen-bond donors (Lipinski definition) is 2. The van der Waals surface area contributed by atoms with Gasteiger partial charge in [0, 0.05) is 9.79 Å². The maximum atomic E-state index is 11.3. The molecule has 4 nitrogen and oxygen atoms in total. The van der Waals surface area contributed by atoms with E-state index >= 15 is 0 Å². The molecule has 1 aliphatic carbocycles. The molecule has 1 aliphatic rings. The van der Waals surface area contributed by atoms with Crippen LogP contribution in [0.5, 0.6) is 0 Å². The van der Waals surface area contributed by atoms with Crippen molar-refractivity contribution in [2.75, 3.05) is 0 Å². The molecule has 1 heterocycles. The molecule has 0 spiro atoms. The summed E-state index contributed by atoms with van der Waals surface area (Å²) < 4.78 is -0.140. The summed E-state index contributed by atoms with van der Waals surface area (Å²) in [5.74, 6) is 0. The van der Waals surface area contributed by atoms with Gasteiger partial charge in [0.15, 0.2) is 0 Å². The van der Waals surface area contributed by atoms with E-state index in [2.05, 4.69) is 66.0 Å². The van der Waals surface area contributed by atoms with E-state index in [1.807, 2.05) is 30.4 Å². The molecule has 1 aromatic heterocycles. The van der Waals surface area contributed by atoms with Crippen molar-refractivity contribution >= 4 is 40.9 Å². The molecule has 4 rings (SSSR count). The number of benzene rings is 2. The number of carbonyl (C=O) groups is 1. The van der Waals surface area contributed by atoms with E-state index in [0.29, 0.717) is 0 Å². The first-order valence-electron chi connectivity index (χ1n) is 9.60. The topological polar surface area (TPSA) is 68.0 Å². The molecule has 0 saturated heterocycles. The second-order valence-corrected chi connectivity index (χ2v) is 11.0. The molecule has 0 fully saturated rings. The van der Waals surface area contributed by atoms with Gasteiger partial charge in [-0.1, -0.05) is 36.4 Å². The molecule has 0 radical (unpaired) electrons. The van der Waals surface area contributed by atoms with E-state index in [0.717, 1.165) is 30.0 Å². The Kier molecular flexibility index (Phi) is 6.18. The van der Waals surface area contributed by atoms with Crippen molar-refractivity contribution < 1.29 is 4.79 Å². The molecular weight excluding hydrogens is 418 g/mol. The fourth-order valence-electron chi connectivity index (χ4n) is 3.47. The summed E-state index contributed by atoms with van der Waals surface area (Å²) in [5, 5.41) is 3.69. The number of aromatic nitrogens is 1. The molecule has 3 N–H and O–H groups in total. The predicted octanol–water partition coefficient (Wildman–Crippen LogP) is 5.95. The van der Waals surface area contributed by atoms with Crippen LogP contribution in [0, 0.1) is 0 Å². The van der Waals surface area contributed by atoms with Crippen molar-refractivity contribution in [3.63, 3.8) is 0 Å². The molecule has 2 amide bonds. The molecule has 2 aromatic carbocycles. The monoisotopic (exact) mass is 441 g/mol. The van der Waals surface area contributed by atoms with Gasteiger partial charge in [-0.05, 0) is 50.5 Å². The van der Waals surface area contributed by atoms with E-state index in [4.69, 9.17) is 10.7 Å². The Hall–Kier alpha value is -1.96. The van der Waals surface area contributed by atoms with Crippen molar-refractivity contribution in [2.24, 2.45) is 5.73 Å². The van der Waals surface area contributed by atoms with Gasteiger partial charge in [0.2, 0.25) is 0 Å². The molecule has 7 heteroatoms. The Morgan fingerprint density at radius 3 is 2.24 bits per heavy atom. The van der Waals surface area contributed by atoms with Crippen LogP contribution in [0.15, 0.2) is 70.5 Å². The highest BCUT2D eigenvalue weighted by Crippen LogP contribution is 2.60. The fourth-order valence-corrected chi connectivity index (χ4v) is 8.10. The Bertz CT molecular complexity index is 934. The number of urea groups is 1. The van der Waals surface area contributed by atoms with Gasteiger partial charge in [-0.2, -0.15) is 0 Å². The van der Waals surface area contributed by atoms with E-state index in [-0.39, 0.29) is 10.1 Å². The summed E-state index contributed by atoms with van der Waals surface area (Å²) >= 11 is 5.53. The van der Waals surface area contributed by atoms with Crippen LogP contribution in [0.4, 0.5) is 4.79 Å². The zero-order chi connectivity index (χ0) is 20.3. The van der Waals surface area contributed by atoms with Gasteiger partial charge in [-0.3, -0.25) is 0 Å². The van der Waals surface area contributed by atoms with Crippen LogP contribution in [-0.4, -0.2) is 11.0 Å². The predicted molar refractivity (Wildman–Crippen MR) is 122 cm³/mol. The zero-order valence-electron chi connectivity index (χ0n) is 16.1. The summed E-state index contributed by atoms with van der Waals surface area (Å²) in [6, 6.07) is 20.4. The number of thiazole rings is 1. The number of primary amides is 1. The fraction of sp³-hybridized carbons (Fsp3) is 0.273. The van der Waals surface area contributed by atoms with E-state index < -0.39 is 6.03 Å². The Balaban J connectivity index is 1.75. The molecular formula is C22H23N3OS3. The number of amides is 2. The lowest BCUT2D eigenvalue weighted by molar-refractivity contribution is 0.246. The third kappa shape index (κ3) is 4.63. The number of nitrogens with one attached hydrogen (secondary N) is 1. The molecule has 0 aliphatic heterocycles. The molecule has 150 valence electrons. The van der Waals surface area contributed by atoms with Gasteiger partial charge in [0.05, 0.1) is 16.6 Å². The van der Waals surface area contributed by atoms with Crippen LogP contribution < -0.4 is 11.1 Å². The number of nitrogens with two attached hydrogens (primary N) is 1. The second-order valence-electron chi connectivity index (χ2n) is 6.99. The number of hydrogen-bond acceptors (Lipinski definition) is 5. The lowest BCUT2D eigenvalue weighted by atomic mass is 10.0. The first kappa shape index (κ1) is 20.3. The molecule has 0 bridgehead atoms. The molecule has 29 heavy (non-hydrogen) atoms. The van der Waals surface area contributed by atoms with Gasteiger partial charge >= 0.3 is 6.03 Å². The standard InChI is InChI=1S/C22H23N3OS3/c1-15(24-21(23)26)20-25-18-13-8-14-22(19(18)27-20,28-16-9-4-2-5-10-16)29-17-11-6-3-7-12-17/h2-7,9-12,15H,8,13-14H2,1H3,(H3,23,24,26). The van der Waals surface area contributed by atoms with Crippen LogP contribution in [-0.2, 0) is 10.5 Å². The lowest BCUT2D eigenvalue weighted by Crippen LogP contribution is -2.31. The van der Waals surface area contributed by atoms with Crippen molar-refractivity contribution in [2.45, 2.75) is 46.1 Å². The van der Waals surface area contributed by atoms with Crippen molar-refractivity contribution in [3.05, 3.63) is 76.2 Å². The highest BCUT2D eigenvalue weighted by molar-refractivity contribution is 8.17. The minimum atomic E-state index is -0.519. The minimum absolute atomic E-state index is 0.140. The van der Waals surface area contributed by atoms with Gasteiger partial charge < -0.3 is 11.1 Å². The molecule has 0 saturated carbocycles. The average molecular weight is 442 g/mol. The van der Waals surface area contributed by atoms with Crippen LogP contribution in [0.1, 0.15) is 41.4 Å². The highest BCUT2D eigenvalue weighted by Gasteiger charge is 2.42. The first-order valence-corrected chi connectivity index (χ1v) is 12.0. The number of carbonyl (C=O) groups excluding carboxylic acids is 1. The Labute approximate surface area is 183 Å². The second kappa shape index (κ2) is 8.81. The highest BCUT2D eigenvalue weighted by atomic mass is 32.2. The van der Waals surface area contributed by atoms with E-state index in [1.165, 1.54) is 14.7 Å². The Morgan fingerprint density at radius 2 is 1.69 bits per heavy atom. The summed E-state index contributed by atoms with van der Waals surface area (Å²) in [6.45, 7) is 1.94. The zero-order valence-corrected chi connectivity index (χ0v) is 18.6. The summed E-state index contributed by atoms with van der Waals surface area (Å²) in [6.07, 6.45) is 3.13. The third-order valence-corrected chi connectivity index (χ3v) is 9.45. The number of rotatable bonds is 6. The third-order valence-electron chi connectivity index (χ3n) is 4.76.